The zero-order valence-electron chi connectivity index (χ0n) is 14.4. The van der Waals surface area contributed by atoms with E-state index in [9.17, 15) is 0 Å². The van der Waals surface area contributed by atoms with Crippen LogP contribution in [0.4, 0.5) is 0 Å². The second kappa shape index (κ2) is 6.36. The fourth-order valence-electron chi connectivity index (χ4n) is 3.86. The number of hydrogen-bond donors (Lipinski definition) is 0. The summed E-state index contributed by atoms with van der Waals surface area (Å²) in [6.07, 6.45) is 9.11. The molecule has 1 saturated heterocycles. The number of rotatable bonds is 4. The molecule has 2 aromatic heterocycles. The van der Waals surface area contributed by atoms with Crippen molar-refractivity contribution in [3.8, 4) is 11.1 Å². The predicted molar refractivity (Wildman–Crippen MR) is 97.9 cm³/mol. The highest BCUT2D eigenvalue weighted by Gasteiger charge is 2.20. The van der Waals surface area contributed by atoms with Gasteiger partial charge in [0.1, 0.15) is 6.33 Å². The molecule has 1 unspecified atom stereocenters. The quantitative estimate of drug-likeness (QED) is 0.735. The maximum absolute atomic E-state index is 4.12. The summed E-state index contributed by atoms with van der Waals surface area (Å²) >= 11 is 0. The Bertz CT molecular complexity index is 837. The summed E-state index contributed by atoms with van der Waals surface area (Å²) in [6, 6.07) is 9.69. The first-order valence-corrected chi connectivity index (χ1v) is 8.80. The summed E-state index contributed by atoms with van der Waals surface area (Å²) < 4.78 is 2.33. The van der Waals surface area contributed by atoms with Crippen LogP contribution in [0.15, 0.2) is 43.0 Å². The van der Waals surface area contributed by atoms with E-state index >= 15 is 0 Å². The Kier molecular flexibility index (Phi) is 4.07. The molecule has 4 nitrogen and oxygen atoms in total. The third-order valence-corrected chi connectivity index (χ3v) is 5.38. The van der Waals surface area contributed by atoms with Gasteiger partial charge in [-0.05, 0) is 50.1 Å². The lowest BCUT2D eigenvalue weighted by molar-refractivity contribution is 0.271. The minimum atomic E-state index is 0.740. The van der Waals surface area contributed by atoms with E-state index in [1.165, 1.54) is 41.5 Å². The molecule has 0 saturated carbocycles. The molecule has 3 aromatic rings. The highest BCUT2D eigenvalue weighted by molar-refractivity contribution is 5.86. The Morgan fingerprint density at radius 1 is 1.12 bits per heavy atom. The molecule has 124 valence electrons. The lowest BCUT2D eigenvalue weighted by Crippen LogP contribution is -2.29. The van der Waals surface area contributed by atoms with E-state index in [-0.39, 0.29) is 0 Å². The van der Waals surface area contributed by atoms with Crippen LogP contribution in [0.5, 0.6) is 0 Å². The summed E-state index contributed by atoms with van der Waals surface area (Å²) in [5.74, 6) is 0. The van der Waals surface area contributed by atoms with Crippen LogP contribution in [0, 0.1) is 0 Å². The number of fused-ring (bicyclic) bond motifs is 1. The van der Waals surface area contributed by atoms with Crippen molar-refractivity contribution in [3.63, 3.8) is 0 Å². The molecule has 1 aliphatic heterocycles. The van der Waals surface area contributed by atoms with Gasteiger partial charge in [-0.25, -0.2) is 9.97 Å². The lowest BCUT2D eigenvalue weighted by Gasteiger charge is -2.20. The molecule has 0 bridgehead atoms. The van der Waals surface area contributed by atoms with E-state index in [0.717, 1.165) is 24.6 Å². The van der Waals surface area contributed by atoms with Crippen molar-refractivity contribution in [2.45, 2.75) is 32.2 Å². The van der Waals surface area contributed by atoms with E-state index in [1.807, 2.05) is 12.4 Å². The third kappa shape index (κ3) is 2.82. The van der Waals surface area contributed by atoms with Crippen LogP contribution in [0.3, 0.4) is 0 Å². The molecule has 0 amide bonds. The zero-order chi connectivity index (χ0) is 16.5. The first-order chi connectivity index (χ1) is 11.7. The Morgan fingerprint density at radius 3 is 2.71 bits per heavy atom. The van der Waals surface area contributed by atoms with Crippen LogP contribution in [-0.2, 0) is 13.5 Å². The average molecular weight is 320 g/mol. The minimum absolute atomic E-state index is 0.740. The van der Waals surface area contributed by atoms with Crippen LogP contribution in [-0.4, -0.2) is 38.6 Å². The molecular weight excluding hydrogens is 296 g/mol. The number of aryl methyl sites for hydroxylation is 1. The van der Waals surface area contributed by atoms with Crippen LogP contribution in [0.2, 0.25) is 0 Å². The topological polar surface area (TPSA) is 34.0 Å². The van der Waals surface area contributed by atoms with Crippen LogP contribution >= 0.6 is 0 Å². The minimum Gasteiger partial charge on any atom is -0.348 e. The molecule has 0 N–H and O–H groups in total. The van der Waals surface area contributed by atoms with Gasteiger partial charge in [0.05, 0.1) is 0 Å². The van der Waals surface area contributed by atoms with Crippen molar-refractivity contribution in [1.82, 2.24) is 19.4 Å². The van der Waals surface area contributed by atoms with Crippen molar-refractivity contribution in [1.29, 1.82) is 0 Å². The van der Waals surface area contributed by atoms with E-state index in [4.69, 9.17) is 0 Å². The molecule has 1 atom stereocenters. The van der Waals surface area contributed by atoms with Gasteiger partial charge < -0.3 is 9.47 Å². The summed E-state index contributed by atoms with van der Waals surface area (Å²) in [5.41, 5.74) is 4.94. The van der Waals surface area contributed by atoms with Crippen LogP contribution in [0.1, 0.15) is 25.5 Å². The Hall–Kier alpha value is -2.20. The number of nitrogens with zero attached hydrogens (tertiary/aromatic N) is 4. The monoisotopic (exact) mass is 320 g/mol. The van der Waals surface area contributed by atoms with Gasteiger partial charge in [-0.2, -0.15) is 0 Å². The van der Waals surface area contributed by atoms with Gasteiger partial charge in [0, 0.05) is 60.6 Å². The summed E-state index contributed by atoms with van der Waals surface area (Å²) in [7, 11) is 2.18. The first-order valence-electron chi connectivity index (χ1n) is 8.80. The molecule has 0 radical (unpaired) electrons. The van der Waals surface area contributed by atoms with E-state index in [1.54, 1.807) is 6.33 Å². The Balaban J connectivity index is 1.60. The van der Waals surface area contributed by atoms with Crippen molar-refractivity contribution in [2.24, 2.45) is 7.05 Å². The Labute approximate surface area is 143 Å². The number of aromatic nitrogens is 3. The number of likely N-dealkylation sites (tertiary alicyclic amines) is 1. The maximum atomic E-state index is 4.12. The maximum Gasteiger partial charge on any atom is 0.115 e. The molecule has 4 rings (SSSR count). The van der Waals surface area contributed by atoms with Gasteiger partial charge in [-0.1, -0.05) is 6.07 Å². The molecule has 1 aliphatic rings. The summed E-state index contributed by atoms with van der Waals surface area (Å²) in [6.45, 7) is 4.76. The zero-order valence-corrected chi connectivity index (χ0v) is 14.4. The molecule has 0 spiro atoms. The molecule has 3 heterocycles. The van der Waals surface area contributed by atoms with E-state index in [2.05, 4.69) is 57.7 Å². The third-order valence-electron chi connectivity index (χ3n) is 5.38. The highest BCUT2D eigenvalue weighted by Crippen LogP contribution is 2.26. The van der Waals surface area contributed by atoms with Crippen molar-refractivity contribution >= 4 is 10.9 Å². The summed E-state index contributed by atoms with van der Waals surface area (Å²) in [4.78, 5) is 10.9. The average Bonchev–Trinajstić information content (AvgIpc) is 3.17. The predicted octanol–water partition coefficient (Wildman–Crippen LogP) is 3.66. The molecular formula is C20H24N4. The normalized spacial score (nSPS) is 18.5. The van der Waals surface area contributed by atoms with Gasteiger partial charge in [0.15, 0.2) is 0 Å². The molecule has 4 heteroatoms. The Morgan fingerprint density at radius 2 is 1.96 bits per heavy atom. The molecule has 24 heavy (non-hydrogen) atoms. The van der Waals surface area contributed by atoms with Gasteiger partial charge in [0.2, 0.25) is 0 Å². The van der Waals surface area contributed by atoms with E-state index in [0.29, 0.717) is 0 Å². The largest absolute Gasteiger partial charge is 0.348 e. The van der Waals surface area contributed by atoms with Crippen molar-refractivity contribution < 1.29 is 0 Å². The first kappa shape index (κ1) is 15.3. The fraction of sp³-hybridized carbons (Fsp3) is 0.400. The number of benzene rings is 1. The standard InChI is InChI=1S/C20H24N4/c1-15-4-3-8-24(15)9-7-19-11-17-10-16(5-6-20(17)23(19)2)18-12-21-14-22-13-18/h5-6,10-15H,3-4,7-9H2,1-2H3. The number of hydrogen-bond acceptors (Lipinski definition) is 3. The van der Waals surface area contributed by atoms with Gasteiger partial charge in [0.25, 0.3) is 0 Å². The van der Waals surface area contributed by atoms with Crippen LogP contribution in [0.25, 0.3) is 22.0 Å². The second-order valence-corrected chi connectivity index (χ2v) is 6.87. The SMILES string of the molecule is CC1CCCN1CCc1cc2cc(-c3cncnc3)ccc2n1C. The highest BCUT2D eigenvalue weighted by atomic mass is 15.2. The van der Waals surface area contributed by atoms with Gasteiger partial charge in [-0.3, -0.25) is 0 Å². The van der Waals surface area contributed by atoms with Gasteiger partial charge in [-0.15, -0.1) is 0 Å². The van der Waals surface area contributed by atoms with Gasteiger partial charge >= 0.3 is 0 Å². The van der Waals surface area contributed by atoms with Crippen molar-refractivity contribution in [3.05, 3.63) is 48.7 Å². The lowest BCUT2D eigenvalue weighted by atomic mass is 10.1. The smallest absolute Gasteiger partial charge is 0.115 e. The van der Waals surface area contributed by atoms with Crippen molar-refractivity contribution in [2.75, 3.05) is 13.1 Å². The fourth-order valence-corrected chi connectivity index (χ4v) is 3.86. The molecule has 1 fully saturated rings. The van der Waals surface area contributed by atoms with E-state index < -0.39 is 0 Å². The second-order valence-electron chi connectivity index (χ2n) is 6.87. The summed E-state index contributed by atoms with van der Waals surface area (Å²) in [5, 5.41) is 1.29. The molecule has 0 aliphatic carbocycles. The molecule has 1 aromatic carbocycles. The van der Waals surface area contributed by atoms with Crippen LogP contribution < -0.4 is 0 Å².